The van der Waals surface area contributed by atoms with Crippen LogP contribution in [0.2, 0.25) is 0 Å². The number of unbranched alkanes of at least 4 members (excludes halogenated alkanes) is 37. The summed E-state index contributed by atoms with van der Waals surface area (Å²) < 4.78 is 22.3. The van der Waals surface area contributed by atoms with E-state index in [0.717, 1.165) is 32.1 Å². The zero-order chi connectivity index (χ0) is 46.6. The Hall–Kier alpha value is -1.30. The molecule has 1 rings (SSSR count). The van der Waals surface area contributed by atoms with Gasteiger partial charge in [0.2, 0.25) is 0 Å². The van der Waals surface area contributed by atoms with Gasteiger partial charge in [-0.3, -0.25) is 9.59 Å². The van der Waals surface area contributed by atoms with Crippen molar-refractivity contribution in [1.82, 2.24) is 0 Å². The van der Waals surface area contributed by atoms with E-state index in [4.69, 9.17) is 18.9 Å². The third-order valence-electron chi connectivity index (χ3n) is 13.2. The number of hydrogen-bond acceptors (Lipinski definition) is 10. The first-order valence-electron chi connectivity index (χ1n) is 27.6. The number of carbonyl (C=O) groups is 2. The minimum atomic E-state index is -1.59. The van der Waals surface area contributed by atoms with E-state index in [1.54, 1.807) is 0 Å². The average Bonchev–Trinajstić information content (AvgIpc) is 3.29. The lowest BCUT2D eigenvalue weighted by Gasteiger charge is -2.39. The van der Waals surface area contributed by atoms with E-state index in [0.29, 0.717) is 6.42 Å². The summed E-state index contributed by atoms with van der Waals surface area (Å²) in [7, 11) is 0. The quantitative estimate of drug-likeness (QED) is 0.0343. The highest BCUT2D eigenvalue weighted by Crippen LogP contribution is 2.23. The topological polar surface area (TPSA) is 152 Å². The monoisotopic (exact) mass is 913 g/mol. The maximum absolute atomic E-state index is 12.9. The van der Waals surface area contributed by atoms with Crippen LogP contribution in [-0.4, -0.2) is 89.0 Å². The third-order valence-corrected chi connectivity index (χ3v) is 13.2. The SMILES string of the molecule is CCCCCCCCCCCCCCCCCCCCCCCCCCC(=O)OC(COC(=O)CCCCCCCCCCCCCCCCC)COC1OC(CO)C(O)C(O)C1O. The van der Waals surface area contributed by atoms with E-state index in [1.807, 2.05) is 0 Å². The van der Waals surface area contributed by atoms with Crippen molar-refractivity contribution in [1.29, 1.82) is 0 Å². The minimum absolute atomic E-state index is 0.208. The predicted molar refractivity (Wildman–Crippen MR) is 261 cm³/mol. The van der Waals surface area contributed by atoms with E-state index in [-0.39, 0.29) is 32.0 Å². The smallest absolute Gasteiger partial charge is 0.306 e. The van der Waals surface area contributed by atoms with Crippen LogP contribution < -0.4 is 0 Å². The molecule has 6 atom stereocenters. The Morgan fingerprint density at radius 2 is 0.734 bits per heavy atom. The summed E-state index contributed by atoms with van der Waals surface area (Å²) in [5.41, 5.74) is 0. The van der Waals surface area contributed by atoms with Crippen molar-refractivity contribution in [2.24, 2.45) is 0 Å². The van der Waals surface area contributed by atoms with E-state index in [9.17, 15) is 30.0 Å². The molecule has 0 spiro atoms. The summed E-state index contributed by atoms with van der Waals surface area (Å²) in [6.07, 6.45) is 42.6. The van der Waals surface area contributed by atoms with Gasteiger partial charge < -0.3 is 39.4 Å². The van der Waals surface area contributed by atoms with E-state index < -0.39 is 49.4 Å². The molecule has 0 aromatic rings. The fourth-order valence-corrected chi connectivity index (χ4v) is 8.90. The van der Waals surface area contributed by atoms with Gasteiger partial charge >= 0.3 is 11.9 Å². The van der Waals surface area contributed by atoms with Gasteiger partial charge in [0.1, 0.15) is 31.0 Å². The largest absolute Gasteiger partial charge is 0.462 e. The van der Waals surface area contributed by atoms with Gasteiger partial charge in [0.25, 0.3) is 0 Å². The first-order chi connectivity index (χ1) is 31.3. The predicted octanol–water partition coefficient (Wildman–Crippen LogP) is 13.3. The van der Waals surface area contributed by atoms with Crippen molar-refractivity contribution >= 4 is 11.9 Å². The summed E-state index contributed by atoms with van der Waals surface area (Å²) in [6.45, 7) is 3.49. The molecule has 10 heteroatoms. The van der Waals surface area contributed by atoms with E-state index >= 15 is 0 Å². The Bertz CT molecular complexity index is 1010. The lowest BCUT2D eigenvalue weighted by Crippen LogP contribution is -2.59. The summed E-state index contributed by atoms with van der Waals surface area (Å²) in [5.74, 6) is -0.784. The van der Waals surface area contributed by atoms with Crippen molar-refractivity contribution in [2.45, 2.75) is 314 Å². The molecule has 0 amide bonds. The molecule has 0 aliphatic carbocycles. The van der Waals surface area contributed by atoms with Crippen molar-refractivity contribution in [3.63, 3.8) is 0 Å². The van der Waals surface area contributed by atoms with Crippen LogP contribution in [0.1, 0.15) is 277 Å². The van der Waals surface area contributed by atoms with Crippen LogP contribution in [0.5, 0.6) is 0 Å². The Kier molecular flexibility index (Phi) is 43.1. The zero-order valence-electron chi connectivity index (χ0n) is 41.8. The van der Waals surface area contributed by atoms with Crippen LogP contribution in [0.4, 0.5) is 0 Å². The molecule has 64 heavy (non-hydrogen) atoms. The van der Waals surface area contributed by atoms with Gasteiger partial charge in [-0.25, -0.2) is 0 Å². The molecular formula is C54H104O10. The van der Waals surface area contributed by atoms with Crippen LogP contribution >= 0.6 is 0 Å². The number of aliphatic hydroxyl groups is 4. The summed E-state index contributed by atoms with van der Waals surface area (Å²) >= 11 is 0. The number of hydrogen-bond donors (Lipinski definition) is 4. The third kappa shape index (κ3) is 35.8. The van der Waals surface area contributed by atoms with Crippen LogP contribution in [0, 0.1) is 0 Å². The average molecular weight is 913 g/mol. The van der Waals surface area contributed by atoms with Crippen molar-refractivity contribution in [3.8, 4) is 0 Å². The van der Waals surface area contributed by atoms with Crippen LogP contribution in [0.25, 0.3) is 0 Å². The minimum Gasteiger partial charge on any atom is -0.462 e. The van der Waals surface area contributed by atoms with Gasteiger partial charge in [-0.05, 0) is 12.8 Å². The van der Waals surface area contributed by atoms with Crippen LogP contribution in [-0.2, 0) is 28.5 Å². The van der Waals surface area contributed by atoms with Gasteiger partial charge in [0.15, 0.2) is 12.4 Å². The number of rotatable bonds is 48. The molecule has 1 fully saturated rings. The molecule has 0 saturated carbocycles. The highest BCUT2D eigenvalue weighted by atomic mass is 16.7. The van der Waals surface area contributed by atoms with Gasteiger partial charge in [0.05, 0.1) is 13.2 Å². The molecule has 0 aromatic carbocycles. The number of ether oxygens (including phenoxy) is 4. The molecule has 380 valence electrons. The van der Waals surface area contributed by atoms with Crippen molar-refractivity contribution < 1.29 is 49.0 Å². The molecule has 1 aliphatic heterocycles. The number of carbonyl (C=O) groups excluding carboxylic acids is 2. The molecule has 1 heterocycles. The fraction of sp³-hybridized carbons (Fsp3) is 0.963. The molecule has 4 N–H and O–H groups in total. The van der Waals surface area contributed by atoms with Crippen molar-refractivity contribution in [3.05, 3.63) is 0 Å². The first kappa shape index (κ1) is 60.7. The molecule has 1 saturated heterocycles. The molecule has 10 nitrogen and oxygen atoms in total. The second-order valence-electron chi connectivity index (χ2n) is 19.4. The maximum Gasteiger partial charge on any atom is 0.306 e. The van der Waals surface area contributed by atoms with Gasteiger partial charge in [-0.2, -0.15) is 0 Å². The molecular weight excluding hydrogens is 809 g/mol. The van der Waals surface area contributed by atoms with E-state index in [2.05, 4.69) is 13.8 Å². The first-order valence-corrected chi connectivity index (χ1v) is 27.6. The normalized spacial score (nSPS) is 19.2. The highest BCUT2D eigenvalue weighted by Gasteiger charge is 2.44. The van der Waals surface area contributed by atoms with Crippen LogP contribution in [0.15, 0.2) is 0 Å². The molecule has 0 bridgehead atoms. The molecule has 0 aromatic heterocycles. The lowest BCUT2D eigenvalue weighted by molar-refractivity contribution is -0.305. The van der Waals surface area contributed by atoms with E-state index in [1.165, 1.54) is 212 Å². The standard InChI is InChI=1S/C54H104O10/c1-3-5-7-9-11-13-15-17-19-20-21-22-23-24-25-26-27-29-31-33-35-37-39-41-43-50(57)63-47(46-62-54-53(60)52(59)51(58)48(44-55)64-54)45-61-49(56)42-40-38-36-34-32-30-28-18-16-14-12-10-8-6-4-2/h47-48,51-55,58-60H,3-46H2,1-2H3. The molecule has 6 unspecified atom stereocenters. The second-order valence-corrected chi connectivity index (χ2v) is 19.4. The second kappa shape index (κ2) is 45.5. The molecule has 1 aliphatic rings. The Morgan fingerprint density at radius 1 is 0.422 bits per heavy atom. The summed E-state index contributed by atoms with van der Waals surface area (Å²) in [5, 5.41) is 40.2. The van der Waals surface area contributed by atoms with Gasteiger partial charge in [0, 0.05) is 12.8 Å². The Labute approximate surface area is 393 Å². The summed E-state index contributed by atoms with van der Waals surface area (Å²) in [4.78, 5) is 25.5. The number of esters is 2. The summed E-state index contributed by atoms with van der Waals surface area (Å²) in [6, 6.07) is 0. The lowest BCUT2D eigenvalue weighted by atomic mass is 9.99. The highest BCUT2D eigenvalue weighted by molar-refractivity contribution is 5.70. The maximum atomic E-state index is 12.9. The Balaban J connectivity index is 2.18. The Morgan fingerprint density at radius 3 is 1.06 bits per heavy atom. The van der Waals surface area contributed by atoms with Gasteiger partial charge in [-0.15, -0.1) is 0 Å². The van der Waals surface area contributed by atoms with Gasteiger partial charge in [-0.1, -0.05) is 251 Å². The fourth-order valence-electron chi connectivity index (χ4n) is 8.90. The zero-order valence-corrected chi connectivity index (χ0v) is 41.8. The van der Waals surface area contributed by atoms with Crippen molar-refractivity contribution in [2.75, 3.05) is 19.8 Å². The van der Waals surface area contributed by atoms with Crippen LogP contribution in [0.3, 0.4) is 0 Å². The number of aliphatic hydroxyl groups excluding tert-OH is 4. The molecule has 0 radical (unpaired) electrons.